The first-order valence-corrected chi connectivity index (χ1v) is 7.95. The fourth-order valence-electron chi connectivity index (χ4n) is 2.33. The maximum Gasteiger partial charge on any atom is 0.321 e. The SMILES string of the molecule is COc1nc(CNC(=O)COc2ncccn2)nc(N2CCCC2)n1. The number of ether oxygens (including phenoxy) is 2. The van der Waals surface area contributed by atoms with Crippen LogP contribution in [0.2, 0.25) is 0 Å². The van der Waals surface area contributed by atoms with E-state index in [1.54, 1.807) is 6.07 Å². The van der Waals surface area contributed by atoms with Gasteiger partial charge in [-0.3, -0.25) is 4.79 Å². The first kappa shape index (κ1) is 16.8. The van der Waals surface area contributed by atoms with Crippen molar-refractivity contribution in [3.8, 4) is 12.0 Å². The molecule has 1 saturated heterocycles. The number of rotatable bonds is 7. The molecule has 132 valence electrons. The molecule has 0 atom stereocenters. The summed E-state index contributed by atoms with van der Waals surface area (Å²) in [5.41, 5.74) is 0. The van der Waals surface area contributed by atoms with Crippen LogP contribution < -0.4 is 19.7 Å². The first-order valence-electron chi connectivity index (χ1n) is 7.95. The average Bonchev–Trinajstić information content (AvgIpc) is 3.20. The monoisotopic (exact) mass is 345 g/mol. The normalized spacial score (nSPS) is 13.6. The predicted molar refractivity (Wildman–Crippen MR) is 87.2 cm³/mol. The van der Waals surface area contributed by atoms with Gasteiger partial charge in [-0.05, 0) is 18.9 Å². The predicted octanol–water partition coefficient (Wildman–Crippen LogP) is -0.0344. The number of aromatic nitrogens is 5. The van der Waals surface area contributed by atoms with Crippen LogP contribution in [0.4, 0.5) is 5.95 Å². The van der Waals surface area contributed by atoms with Crippen molar-refractivity contribution in [3.63, 3.8) is 0 Å². The minimum absolute atomic E-state index is 0.149. The first-order chi connectivity index (χ1) is 12.2. The van der Waals surface area contributed by atoms with Gasteiger partial charge >= 0.3 is 12.0 Å². The summed E-state index contributed by atoms with van der Waals surface area (Å²) in [7, 11) is 1.50. The van der Waals surface area contributed by atoms with Crippen molar-refractivity contribution >= 4 is 11.9 Å². The number of carbonyl (C=O) groups excluding carboxylic acids is 1. The lowest BCUT2D eigenvalue weighted by molar-refractivity contribution is -0.123. The summed E-state index contributed by atoms with van der Waals surface area (Å²) >= 11 is 0. The van der Waals surface area contributed by atoms with Gasteiger partial charge in [0, 0.05) is 25.5 Å². The fraction of sp³-hybridized carbons (Fsp3) is 0.467. The van der Waals surface area contributed by atoms with Gasteiger partial charge < -0.3 is 19.7 Å². The quantitative estimate of drug-likeness (QED) is 0.738. The van der Waals surface area contributed by atoms with Crippen LogP contribution in [0.15, 0.2) is 18.5 Å². The van der Waals surface area contributed by atoms with E-state index in [0.717, 1.165) is 25.9 Å². The number of hydrogen-bond donors (Lipinski definition) is 1. The highest BCUT2D eigenvalue weighted by atomic mass is 16.5. The molecule has 0 aromatic carbocycles. The third-order valence-corrected chi connectivity index (χ3v) is 3.54. The van der Waals surface area contributed by atoms with E-state index in [-0.39, 0.29) is 31.1 Å². The molecule has 0 radical (unpaired) electrons. The highest BCUT2D eigenvalue weighted by molar-refractivity contribution is 5.77. The number of anilines is 1. The standard InChI is InChI=1S/C15H19N7O3/c1-24-15-20-11(19-13(21-15)22-7-2-3-8-22)9-18-12(23)10-25-14-16-5-4-6-17-14/h4-6H,2-3,7-10H2,1H3,(H,18,23). The third kappa shape index (κ3) is 4.72. The molecule has 3 rings (SSSR count). The van der Waals surface area contributed by atoms with Crippen molar-refractivity contribution in [2.45, 2.75) is 19.4 Å². The van der Waals surface area contributed by atoms with Crippen LogP contribution in [0.1, 0.15) is 18.7 Å². The van der Waals surface area contributed by atoms with Crippen LogP contribution in [0.25, 0.3) is 0 Å². The van der Waals surface area contributed by atoms with Crippen molar-refractivity contribution < 1.29 is 14.3 Å². The zero-order valence-corrected chi connectivity index (χ0v) is 13.9. The zero-order chi connectivity index (χ0) is 17.5. The van der Waals surface area contributed by atoms with Gasteiger partial charge in [0.1, 0.15) is 0 Å². The van der Waals surface area contributed by atoms with Crippen molar-refractivity contribution in [2.24, 2.45) is 0 Å². The summed E-state index contributed by atoms with van der Waals surface area (Å²) in [6, 6.07) is 2.05. The Morgan fingerprint density at radius 3 is 2.64 bits per heavy atom. The van der Waals surface area contributed by atoms with Gasteiger partial charge in [-0.25, -0.2) is 9.97 Å². The third-order valence-electron chi connectivity index (χ3n) is 3.54. The van der Waals surface area contributed by atoms with E-state index in [9.17, 15) is 4.79 Å². The van der Waals surface area contributed by atoms with Crippen LogP contribution in [0.5, 0.6) is 12.0 Å². The Bertz CT molecular complexity index is 708. The summed E-state index contributed by atoms with van der Waals surface area (Å²) in [6.07, 6.45) is 5.30. The molecule has 10 nitrogen and oxygen atoms in total. The molecular weight excluding hydrogens is 326 g/mol. The van der Waals surface area contributed by atoms with Crippen LogP contribution in [0.3, 0.4) is 0 Å². The maximum atomic E-state index is 11.9. The van der Waals surface area contributed by atoms with Crippen molar-refractivity contribution in [1.82, 2.24) is 30.2 Å². The number of amides is 1. The lowest BCUT2D eigenvalue weighted by Gasteiger charge is -2.16. The minimum atomic E-state index is -0.324. The van der Waals surface area contributed by atoms with E-state index in [4.69, 9.17) is 9.47 Å². The van der Waals surface area contributed by atoms with Crippen LogP contribution in [-0.4, -0.2) is 57.6 Å². The molecule has 1 fully saturated rings. The van der Waals surface area contributed by atoms with Gasteiger partial charge in [-0.1, -0.05) is 0 Å². The molecule has 3 heterocycles. The van der Waals surface area contributed by atoms with Gasteiger partial charge in [-0.15, -0.1) is 0 Å². The number of nitrogens with one attached hydrogen (secondary N) is 1. The molecule has 25 heavy (non-hydrogen) atoms. The van der Waals surface area contributed by atoms with Gasteiger partial charge in [0.05, 0.1) is 13.7 Å². The van der Waals surface area contributed by atoms with E-state index in [0.29, 0.717) is 11.8 Å². The number of methoxy groups -OCH3 is 1. The topological polar surface area (TPSA) is 115 Å². The van der Waals surface area contributed by atoms with E-state index in [1.807, 2.05) is 0 Å². The van der Waals surface area contributed by atoms with Crippen molar-refractivity contribution in [1.29, 1.82) is 0 Å². The lowest BCUT2D eigenvalue weighted by Crippen LogP contribution is -2.30. The van der Waals surface area contributed by atoms with Crippen LogP contribution >= 0.6 is 0 Å². The molecule has 1 N–H and O–H groups in total. The number of carbonyl (C=O) groups is 1. The van der Waals surface area contributed by atoms with Crippen LogP contribution in [-0.2, 0) is 11.3 Å². The van der Waals surface area contributed by atoms with Gasteiger partial charge in [-0.2, -0.15) is 15.0 Å². The largest absolute Gasteiger partial charge is 0.467 e. The highest BCUT2D eigenvalue weighted by Crippen LogP contribution is 2.17. The van der Waals surface area contributed by atoms with Crippen molar-refractivity contribution in [2.75, 3.05) is 31.7 Å². The summed E-state index contributed by atoms with van der Waals surface area (Å²) in [6.45, 7) is 1.77. The van der Waals surface area contributed by atoms with Gasteiger partial charge in [0.15, 0.2) is 12.4 Å². The highest BCUT2D eigenvalue weighted by Gasteiger charge is 2.18. The summed E-state index contributed by atoms with van der Waals surface area (Å²) in [4.78, 5) is 34.5. The Labute approximate surface area is 144 Å². The smallest absolute Gasteiger partial charge is 0.321 e. The van der Waals surface area contributed by atoms with Crippen LogP contribution in [0, 0.1) is 0 Å². The fourth-order valence-corrected chi connectivity index (χ4v) is 2.33. The summed E-state index contributed by atoms with van der Waals surface area (Å²) in [5.74, 6) is 0.676. The van der Waals surface area contributed by atoms with E-state index in [2.05, 4.69) is 35.1 Å². The molecule has 2 aromatic rings. The number of hydrogen-bond acceptors (Lipinski definition) is 9. The Morgan fingerprint density at radius 2 is 1.92 bits per heavy atom. The van der Waals surface area contributed by atoms with E-state index < -0.39 is 0 Å². The van der Waals surface area contributed by atoms with E-state index >= 15 is 0 Å². The second-order valence-corrected chi connectivity index (χ2v) is 5.33. The second-order valence-electron chi connectivity index (χ2n) is 5.33. The maximum absolute atomic E-state index is 11.9. The molecular formula is C15H19N7O3. The molecule has 0 bridgehead atoms. The van der Waals surface area contributed by atoms with Gasteiger partial charge in [0.25, 0.3) is 5.91 Å². The molecule has 0 spiro atoms. The molecule has 1 aliphatic heterocycles. The molecule has 0 unspecified atom stereocenters. The Kier molecular flexibility index (Phi) is 5.50. The zero-order valence-electron chi connectivity index (χ0n) is 13.9. The Hall–Kier alpha value is -3.04. The molecule has 1 amide bonds. The minimum Gasteiger partial charge on any atom is -0.467 e. The Morgan fingerprint density at radius 1 is 1.16 bits per heavy atom. The molecule has 0 aliphatic carbocycles. The molecule has 10 heteroatoms. The van der Waals surface area contributed by atoms with Crippen molar-refractivity contribution in [3.05, 3.63) is 24.3 Å². The summed E-state index contributed by atoms with van der Waals surface area (Å²) < 4.78 is 10.3. The molecule has 0 saturated carbocycles. The second kappa shape index (κ2) is 8.18. The lowest BCUT2D eigenvalue weighted by atomic mass is 10.4. The molecule has 2 aromatic heterocycles. The van der Waals surface area contributed by atoms with Gasteiger partial charge in [0.2, 0.25) is 5.95 Å². The molecule has 1 aliphatic rings. The number of nitrogens with zero attached hydrogens (tertiary/aromatic N) is 6. The average molecular weight is 345 g/mol. The Balaban J connectivity index is 1.56. The van der Waals surface area contributed by atoms with E-state index in [1.165, 1.54) is 19.5 Å². The summed E-state index contributed by atoms with van der Waals surface area (Å²) in [5, 5.41) is 2.69.